The van der Waals surface area contributed by atoms with Crippen molar-refractivity contribution in [3.63, 3.8) is 0 Å². The number of esters is 1. The van der Waals surface area contributed by atoms with Gasteiger partial charge in [-0.25, -0.2) is 9.18 Å². The van der Waals surface area contributed by atoms with Gasteiger partial charge in [0.1, 0.15) is 12.3 Å². The zero-order valence-electron chi connectivity index (χ0n) is 13.8. The van der Waals surface area contributed by atoms with Crippen LogP contribution in [0, 0.1) is 11.6 Å². The van der Waals surface area contributed by atoms with Gasteiger partial charge in [-0.3, -0.25) is 0 Å². The van der Waals surface area contributed by atoms with Crippen LogP contribution in [0.25, 0.3) is 11.3 Å². The highest BCUT2D eigenvalue weighted by Crippen LogP contribution is 2.27. The molecule has 1 aromatic heterocycles. The second-order valence-electron chi connectivity index (χ2n) is 5.24. The van der Waals surface area contributed by atoms with Gasteiger partial charge >= 0.3 is 5.97 Å². The molecule has 0 saturated heterocycles. The van der Waals surface area contributed by atoms with Crippen molar-refractivity contribution in [2.45, 2.75) is 13.5 Å². The van der Waals surface area contributed by atoms with E-state index in [1.165, 1.54) is 12.1 Å². The number of ether oxygens (including phenoxy) is 2. The topological polar surface area (TPSA) is 77.1 Å². The maximum absolute atomic E-state index is 13.7. The summed E-state index contributed by atoms with van der Waals surface area (Å²) < 4.78 is 37.4. The number of aromatic amines is 1. The largest absolute Gasteiger partial charge is 0.486 e. The number of nitrogens with one attached hydrogen (secondary N) is 1. The molecule has 0 aliphatic heterocycles. The van der Waals surface area contributed by atoms with Crippen LogP contribution < -0.4 is 4.74 Å². The summed E-state index contributed by atoms with van der Waals surface area (Å²) in [4.78, 5) is 12.0. The van der Waals surface area contributed by atoms with E-state index in [9.17, 15) is 13.6 Å². The lowest BCUT2D eigenvalue weighted by Gasteiger charge is -2.11. The number of carbonyl (C=O) groups excluding carboxylic acids is 1. The summed E-state index contributed by atoms with van der Waals surface area (Å²) in [5.41, 5.74) is 1.52. The highest BCUT2D eigenvalue weighted by Gasteiger charge is 2.21. The Bertz CT molecular complexity index is 928. The standard InChI is InChI=1S/C18H15F2N3O3/c1-2-25-18(24)17-16(21-23-22-17)12-7-4-3-6-11(12)10-26-14-9-5-8-13(19)15(14)20/h3-9H,2,10H2,1H3,(H,21,22,23). The minimum absolute atomic E-state index is 0.0382. The average Bonchev–Trinajstić information content (AvgIpc) is 3.13. The number of nitrogens with zero attached hydrogens (tertiary/aromatic N) is 2. The average molecular weight is 359 g/mol. The molecule has 0 aliphatic rings. The van der Waals surface area contributed by atoms with E-state index < -0.39 is 17.6 Å². The number of H-pyrrole nitrogens is 1. The molecule has 1 N–H and O–H groups in total. The van der Waals surface area contributed by atoms with Gasteiger partial charge in [0, 0.05) is 5.56 Å². The van der Waals surface area contributed by atoms with Crippen molar-refractivity contribution in [3.8, 4) is 17.0 Å². The van der Waals surface area contributed by atoms with Crippen molar-refractivity contribution in [3.05, 3.63) is 65.4 Å². The van der Waals surface area contributed by atoms with Crippen molar-refractivity contribution in [2.75, 3.05) is 6.61 Å². The quantitative estimate of drug-likeness (QED) is 0.682. The molecule has 0 aliphatic carbocycles. The molecule has 0 saturated carbocycles. The van der Waals surface area contributed by atoms with Crippen molar-refractivity contribution < 1.29 is 23.0 Å². The number of aromatic nitrogens is 3. The minimum Gasteiger partial charge on any atom is -0.486 e. The SMILES string of the molecule is CCOC(=O)c1n[nH]nc1-c1ccccc1COc1cccc(F)c1F. The van der Waals surface area contributed by atoms with E-state index in [4.69, 9.17) is 9.47 Å². The van der Waals surface area contributed by atoms with E-state index in [0.717, 1.165) is 6.07 Å². The Kier molecular flexibility index (Phi) is 5.21. The van der Waals surface area contributed by atoms with Crippen LogP contribution in [-0.4, -0.2) is 28.0 Å². The van der Waals surface area contributed by atoms with E-state index in [-0.39, 0.29) is 24.7 Å². The van der Waals surface area contributed by atoms with Crippen LogP contribution in [0.3, 0.4) is 0 Å². The zero-order valence-corrected chi connectivity index (χ0v) is 13.8. The summed E-state index contributed by atoms with van der Waals surface area (Å²) in [7, 11) is 0. The van der Waals surface area contributed by atoms with Crippen LogP contribution in [-0.2, 0) is 11.3 Å². The Morgan fingerprint density at radius 1 is 1.12 bits per heavy atom. The Morgan fingerprint density at radius 3 is 2.73 bits per heavy atom. The number of hydrogen-bond donors (Lipinski definition) is 1. The fourth-order valence-corrected chi connectivity index (χ4v) is 2.39. The molecule has 8 heteroatoms. The van der Waals surface area contributed by atoms with E-state index in [1.54, 1.807) is 31.2 Å². The van der Waals surface area contributed by atoms with Gasteiger partial charge in [0.2, 0.25) is 5.82 Å². The van der Waals surface area contributed by atoms with Gasteiger partial charge in [0.05, 0.1) is 6.61 Å². The highest BCUT2D eigenvalue weighted by atomic mass is 19.2. The van der Waals surface area contributed by atoms with Crippen LogP contribution in [0.1, 0.15) is 23.0 Å². The molecular formula is C18H15F2N3O3. The van der Waals surface area contributed by atoms with E-state index >= 15 is 0 Å². The number of rotatable bonds is 6. The molecule has 3 aromatic rings. The van der Waals surface area contributed by atoms with Gasteiger partial charge in [0.25, 0.3) is 0 Å². The lowest BCUT2D eigenvalue weighted by atomic mass is 10.0. The second-order valence-corrected chi connectivity index (χ2v) is 5.24. The van der Waals surface area contributed by atoms with Crippen molar-refractivity contribution in [1.29, 1.82) is 0 Å². The van der Waals surface area contributed by atoms with Crippen LogP contribution in [0.2, 0.25) is 0 Å². The molecule has 2 aromatic carbocycles. The van der Waals surface area contributed by atoms with E-state index in [1.807, 2.05) is 0 Å². The molecule has 0 atom stereocenters. The molecule has 0 unspecified atom stereocenters. The highest BCUT2D eigenvalue weighted by molar-refractivity contribution is 5.94. The lowest BCUT2D eigenvalue weighted by molar-refractivity contribution is 0.0520. The summed E-state index contributed by atoms with van der Waals surface area (Å²) in [6, 6.07) is 10.7. The Balaban J connectivity index is 1.89. The number of benzene rings is 2. The van der Waals surface area contributed by atoms with Crippen LogP contribution in [0.15, 0.2) is 42.5 Å². The summed E-state index contributed by atoms with van der Waals surface area (Å²) >= 11 is 0. The normalized spacial score (nSPS) is 10.6. The first-order valence-corrected chi connectivity index (χ1v) is 7.84. The van der Waals surface area contributed by atoms with Crippen molar-refractivity contribution >= 4 is 5.97 Å². The van der Waals surface area contributed by atoms with Gasteiger partial charge in [-0.05, 0) is 24.6 Å². The third-order valence-corrected chi connectivity index (χ3v) is 3.59. The Labute approximate surface area is 147 Å². The molecule has 6 nitrogen and oxygen atoms in total. The maximum atomic E-state index is 13.7. The predicted molar refractivity (Wildman–Crippen MR) is 88.5 cm³/mol. The summed E-state index contributed by atoms with van der Waals surface area (Å²) in [5.74, 6) is -2.86. The lowest BCUT2D eigenvalue weighted by Crippen LogP contribution is -2.08. The third-order valence-electron chi connectivity index (χ3n) is 3.59. The fraction of sp³-hybridized carbons (Fsp3) is 0.167. The smallest absolute Gasteiger partial charge is 0.361 e. The van der Waals surface area contributed by atoms with Crippen LogP contribution in [0.5, 0.6) is 5.75 Å². The van der Waals surface area contributed by atoms with Crippen molar-refractivity contribution in [2.24, 2.45) is 0 Å². The third kappa shape index (κ3) is 3.53. The number of carbonyl (C=O) groups is 1. The second kappa shape index (κ2) is 7.73. The van der Waals surface area contributed by atoms with Gasteiger partial charge in [-0.15, -0.1) is 5.10 Å². The predicted octanol–water partition coefficient (Wildman–Crippen LogP) is 3.51. The first-order chi connectivity index (χ1) is 12.6. The first-order valence-electron chi connectivity index (χ1n) is 7.84. The minimum atomic E-state index is -1.06. The molecule has 0 fully saturated rings. The molecule has 0 amide bonds. The van der Waals surface area contributed by atoms with Gasteiger partial charge < -0.3 is 9.47 Å². The monoisotopic (exact) mass is 359 g/mol. The zero-order chi connectivity index (χ0) is 18.5. The molecule has 134 valence electrons. The molecule has 0 radical (unpaired) electrons. The van der Waals surface area contributed by atoms with E-state index in [0.29, 0.717) is 16.8 Å². The summed E-state index contributed by atoms with van der Waals surface area (Å²) in [5, 5.41) is 10.2. The Hall–Kier alpha value is -3.29. The maximum Gasteiger partial charge on any atom is 0.361 e. The molecule has 1 heterocycles. The summed E-state index contributed by atoms with van der Waals surface area (Å²) in [6.07, 6.45) is 0. The van der Waals surface area contributed by atoms with E-state index in [2.05, 4.69) is 15.4 Å². The molecule has 0 bridgehead atoms. The van der Waals surface area contributed by atoms with Crippen LogP contribution in [0.4, 0.5) is 8.78 Å². The van der Waals surface area contributed by atoms with Crippen LogP contribution >= 0.6 is 0 Å². The van der Waals surface area contributed by atoms with Gasteiger partial charge in [-0.1, -0.05) is 30.3 Å². The molecule has 26 heavy (non-hydrogen) atoms. The number of halogens is 2. The summed E-state index contributed by atoms with van der Waals surface area (Å²) in [6.45, 7) is 1.84. The van der Waals surface area contributed by atoms with Gasteiger partial charge in [-0.2, -0.15) is 14.7 Å². The molecule has 3 rings (SSSR count). The number of hydrogen-bond acceptors (Lipinski definition) is 5. The fourth-order valence-electron chi connectivity index (χ4n) is 2.39. The molecular weight excluding hydrogens is 344 g/mol. The molecule has 0 spiro atoms. The van der Waals surface area contributed by atoms with Crippen molar-refractivity contribution in [1.82, 2.24) is 15.4 Å². The first kappa shape index (κ1) is 17.5. The Morgan fingerprint density at radius 2 is 1.92 bits per heavy atom. The van der Waals surface area contributed by atoms with Gasteiger partial charge in [0.15, 0.2) is 17.3 Å².